The molecule has 1 aromatic rings. The highest BCUT2D eigenvalue weighted by atomic mass is 19.1. The third-order valence-corrected chi connectivity index (χ3v) is 3.61. The van der Waals surface area contributed by atoms with Gasteiger partial charge in [0.05, 0.1) is 17.8 Å². The molecular formula is C14H18FN3O3. The van der Waals surface area contributed by atoms with Crippen molar-refractivity contribution in [3.05, 3.63) is 23.3 Å². The van der Waals surface area contributed by atoms with Crippen molar-refractivity contribution in [2.45, 2.75) is 38.8 Å². The average Bonchev–Trinajstić information content (AvgIpc) is 2.82. The van der Waals surface area contributed by atoms with Crippen LogP contribution in [-0.2, 0) is 4.79 Å². The molecule has 0 saturated carbocycles. The minimum Gasteiger partial charge on any atom is -0.479 e. The number of nitrogens with zero attached hydrogens (tertiary/aromatic N) is 3. The third kappa shape index (κ3) is 2.86. The predicted molar refractivity (Wildman–Crippen MR) is 72.9 cm³/mol. The Balaban J connectivity index is 2.28. The quantitative estimate of drug-likeness (QED) is 0.914. The van der Waals surface area contributed by atoms with Gasteiger partial charge in [0.1, 0.15) is 5.82 Å². The number of carboxylic acid groups (broad SMARTS) is 1. The molecule has 114 valence electrons. The Kier molecular flexibility index (Phi) is 3.93. The summed E-state index contributed by atoms with van der Waals surface area (Å²) in [5, 5.41) is 8.88. The number of carbonyl (C=O) groups excluding carboxylic acids is 1. The van der Waals surface area contributed by atoms with Crippen LogP contribution in [0.5, 0.6) is 0 Å². The number of carbonyl (C=O) groups is 2. The minimum absolute atomic E-state index is 0.0165. The monoisotopic (exact) mass is 295 g/mol. The standard InChI is InChI=1S/C14H18FN3O3/c1-8(2)11-10(6-16-9(3)17-11)12(19)18-5-4-14(15,7-18)13(20)21/h6,8H,4-5,7H2,1-3H3,(H,20,21)/t14-/m0/s1. The molecule has 1 fully saturated rings. The highest BCUT2D eigenvalue weighted by Crippen LogP contribution is 2.28. The van der Waals surface area contributed by atoms with Crippen LogP contribution in [0.4, 0.5) is 4.39 Å². The number of carboxylic acids is 1. The summed E-state index contributed by atoms with van der Waals surface area (Å²) in [4.78, 5) is 32.9. The highest BCUT2D eigenvalue weighted by Gasteiger charge is 2.47. The number of alkyl halides is 1. The molecule has 0 spiro atoms. The topological polar surface area (TPSA) is 83.4 Å². The molecule has 1 aliphatic rings. The lowest BCUT2D eigenvalue weighted by Crippen LogP contribution is -2.39. The zero-order chi connectivity index (χ0) is 15.8. The van der Waals surface area contributed by atoms with E-state index in [1.165, 1.54) is 11.1 Å². The summed E-state index contributed by atoms with van der Waals surface area (Å²) < 4.78 is 14.1. The molecule has 6 nitrogen and oxygen atoms in total. The van der Waals surface area contributed by atoms with Gasteiger partial charge in [0.2, 0.25) is 5.67 Å². The van der Waals surface area contributed by atoms with Crippen molar-refractivity contribution >= 4 is 11.9 Å². The van der Waals surface area contributed by atoms with Crippen LogP contribution in [0.1, 0.15) is 48.1 Å². The summed E-state index contributed by atoms with van der Waals surface area (Å²) in [5.74, 6) is -1.37. The molecule has 0 unspecified atom stereocenters. The number of aromatic nitrogens is 2. The second-order valence-corrected chi connectivity index (χ2v) is 5.62. The second kappa shape index (κ2) is 5.38. The first-order chi connectivity index (χ1) is 9.74. The van der Waals surface area contributed by atoms with E-state index in [1.807, 2.05) is 13.8 Å². The molecule has 2 rings (SSSR count). The first kappa shape index (κ1) is 15.3. The van der Waals surface area contributed by atoms with E-state index in [1.54, 1.807) is 6.92 Å². The Morgan fingerprint density at radius 1 is 1.48 bits per heavy atom. The molecular weight excluding hydrogens is 277 g/mol. The van der Waals surface area contributed by atoms with Gasteiger partial charge in [-0.15, -0.1) is 0 Å². The zero-order valence-electron chi connectivity index (χ0n) is 12.3. The number of aryl methyl sites for hydroxylation is 1. The lowest BCUT2D eigenvalue weighted by atomic mass is 10.0. The fourth-order valence-corrected chi connectivity index (χ4v) is 2.38. The van der Waals surface area contributed by atoms with Gasteiger partial charge in [-0.25, -0.2) is 19.2 Å². The average molecular weight is 295 g/mol. The molecule has 0 aromatic carbocycles. The molecule has 1 aliphatic heterocycles. The van der Waals surface area contributed by atoms with E-state index < -0.39 is 24.1 Å². The second-order valence-electron chi connectivity index (χ2n) is 5.62. The fraction of sp³-hybridized carbons (Fsp3) is 0.571. The number of likely N-dealkylation sites (tertiary alicyclic amines) is 1. The molecule has 0 radical (unpaired) electrons. The van der Waals surface area contributed by atoms with E-state index in [4.69, 9.17) is 5.11 Å². The fourth-order valence-electron chi connectivity index (χ4n) is 2.38. The molecule has 1 saturated heterocycles. The highest BCUT2D eigenvalue weighted by molar-refractivity contribution is 5.96. The van der Waals surface area contributed by atoms with Crippen molar-refractivity contribution in [2.24, 2.45) is 0 Å². The van der Waals surface area contributed by atoms with Crippen LogP contribution in [0.15, 0.2) is 6.20 Å². The summed E-state index contributed by atoms with van der Waals surface area (Å²) in [7, 11) is 0. The normalized spacial score (nSPS) is 21.9. The number of rotatable bonds is 3. The molecule has 7 heteroatoms. The Bertz CT molecular complexity index is 591. The first-order valence-corrected chi connectivity index (χ1v) is 6.80. The molecule has 21 heavy (non-hydrogen) atoms. The SMILES string of the molecule is Cc1ncc(C(=O)N2CC[C@@](F)(C(=O)O)C2)c(C(C)C)n1. The van der Waals surface area contributed by atoms with Gasteiger partial charge in [-0.2, -0.15) is 0 Å². The molecule has 1 aromatic heterocycles. The Hall–Kier alpha value is -2.05. The lowest BCUT2D eigenvalue weighted by Gasteiger charge is -2.19. The summed E-state index contributed by atoms with van der Waals surface area (Å²) in [5.41, 5.74) is -1.46. The summed E-state index contributed by atoms with van der Waals surface area (Å²) in [6, 6.07) is 0. The third-order valence-electron chi connectivity index (χ3n) is 3.61. The molecule has 1 atom stereocenters. The van der Waals surface area contributed by atoms with Crippen LogP contribution in [0.25, 0.3) is 0 Å². The lowest BCUT2D eigenvalue weighted by molar-refractivity contribution is -0.149. The maximum Gasteiger partial charge on any atom is 0.343 e. The summed E-state index contributed by atoms with van der Waals surface area (Å²) in [6.45, 7) is 5.17. The molecule has 0 bridgehead atoms. The van der Waals surface area contributed by atoms with Crippen molar-refractivity contribution in [1.29, 1.82) is 0 Å². The predicted octanol–water partition coefficient (Wildman–Crippen LogP) is 1.55. The summed E-state index contributed by atoms with van der Waals surface area (Å²) >= 11 is 0. The Morgan fingerprint density at radius 2 is 2.14 bits per heavy atom. The van der Waals surface area contributed by atoms with Crippen LogP contribution in [-0.4, -0.2) is 50.6 Å². The van der Waals surface area contributed by atoms with Crippen molar-refractivity contribution < 1.29 is 19.1 Å². The number of hydrogen-bond acceptors (Lipinski definition) is 4. The Labute approximate surface area is 122 Å². The number of hydrogen-bond donors (Lipinski definition) is 1. The maximum atomic E-state index is 14.1. The van der Waals surface area contributed by atoms with Crippen molar-refractivity contribution in [1.82, 2.24) is 14.9 Å². The van der Waals surface area contributed by atoms with Gasteiger partial charge >= 0.3 is 5.97 Å². The van der Waals surface area contributed by atoms with Gasteiger partial charge in [-0.1, -0.05) is 13.8 Å². The van der Waals surface area contributed by atoms with Crippen molar-refractivity contribution in [3.8, 4) is 0 Å². The van der Waals surface area contributed by atoms with Crippen molar-refractivity contribution in [2.75, 3.05) is 13.1 Å². The van der Waals surface area contributed by atoms with Crippen LogP contribution < -0.4 is 0 Å². The number of halogens is 1. The smallest absolute Gasteiger partial charge is 0.343 e. The largest absolute Gasteiger partial charge is 0.479 e. The number of amides is 1. The zero-order valence-corrected chi connectivity index (χ0v) is 12.3. The Morgan fingerprint density at radius 3 is 2.67 bits per heavy atom. The van der Waals surface area contributed by atoms with E-state index in [2.05, 4.69) is 9.97 Å². The van der Waals surface area contributed by atoms with E-state index in [0.29, 0.717) is 17.1 Å². The van der Waals surface area contributed by atoms with Crippen LogP contribution in [0.2, 0.25) is 0 Å². The van der Waals surface area contributed by atoms with Crippen LogP contribution >= 0.6 is 0 Å². The van der Waals surface area contributed by atoms with E-state index in [-0.39, 0.29) is 18.9 Å². The minimum atomic E-state index is -2.36. The molecule has 1 N–H and O–H groups in total. The van der Waals surface area contributed by atoms with Crippen LogP contribution in [0, 0.1) is 6.92 Å². The van der Waals surface area contributed by atoms with E-state index in [9.17, 15) is 14.0 Å². The van der Waals surface area contributed by atoms with Gasteiger partial charge in [-0.05, 0) is 12.8 Å². The van der Waals surface area contributed by atoms with Crippen LogP contribution in [0.3, 0.4) is 0 Å². The van der Waals surface area contributed by atoms with E-state index >= 15 is 0 Å². The van der Waals surface area contributed by atoms with Gasteiger partial charge in [-0.3, -0.25) is 4.79 Å². The molecule has 0 aliphatic carbocycles. The van der Waals surface area contributed by atoms with Crippen molar-refractivity contribution in [3.63, 3.8) is 0 Å². The van der Waals surface area contributed by atoms with Gasteiger partial charge < -0.3 is 10.0 Å². The van der Waals surface area contributed by atoms with Gasteiger partial charge in [0, 0.05) is 19.2 Å². The van der Waals surface area contributed by atoms with Gasteiger partial charge in [0.15, 0.2) is 0 Å². The maximum absolute atomic E-state index is 14.1. The molecule has 1 amide bonds. The molecule has 2 heterocycles. The van der Waals surface area contributed by atoms with Gasteiger partial charge in [0.25, 0.3) is 5.91 Å². The van der Waals surface area contributed by atoms with E-state index in [0.717, 1.165) is 0 Å². The number of aliphatic carboxylic acids is 1. The first-order valence-electron chi connectivity index (χ1n) is 6.80. The summed E-state index contributed by atoms with van der Waals surface area (Å²) in [6.07, 6.45) is 1.23.